The van der Waals surface area contributed by atoms with Gasteiger partial charge in [0.25, 0.3) is 5.91 Å². The molecule has 7 heteroatoms. The summed E-state index contributed by atoms with van der Waals surface area (Å²) in [6, 6.07) is 5.20. The van der Waals surface area contributed by atoms with Crippen molar-refractivity contribution in [3.63, 3.8) is 0 Å². The van der Waals surface area contributed by atoms with E-state index < -0.39 is 0 Å². The molecule has 1 aromatic rings. The maximum atomic E-state index is 13.2. The molecule has 4 atom stereocenters. The van der Waals surface area contributed by atoms with Crippen molar-refractivity contribution in [2.75, 3.05) is 13.1 Å². The number of unbranched alkanes of at least 4 members (excludes halogenated alkanes) is 1. The molecule has 1 heterocycles. The Morgan fingerprint density at radius 2 is 1.68 bits per heavy atom. The Labute approximate surface area is 203 Å². The fourth-order valence-corrected chi connectivity index (χ4v) is 5.23. The highest BCUT2D eigenvalue weighted by atomic mass is 19.1. The first-order valence-corrected chi connectivity index (χ1v) is 13.1. The van der Waals surface area contributed by atoms with Gasteiger partial charge < -0.3 is 15.5 Å². The van der Waals surface area contributed by atoms with Crippen molar-refractivity contribution in [3.05, 3.63) is 35.6 Å². The molecule has 0 spiro atoms. The van der Waals surface area contributed by atoms with Gasteiger partial charge >= 0.3 is 0 Å². The summed E-state index contributed by atoms with van der Waals surface area (Å²) < 4.78 is 13.2. The van der Waals surface area contributed by atoms with Crippen LogP contribution in [0.2, 0.25) is 0 Å². The lowest BCUT2D eigenvalue weighted by molar-refractivity contribution is -0.139. The molecule has 3 rings (SSSR count). The summed E-state index contributed by atoms with van der Waals surface area (Å²) >= 11 is 0. The van der Waals surface area contributed by atoms with Crippen molar-refractivity contribution in [2.24, 2.45) is 11.8 Å². The molecule has 34 heavy (non-hydrogen) atoms. The third-order valence-electron chi connectivity index (χ3n) is 7.37. The largest absolute Gasteiger partial charge is 0.351 e. The van der Waals surface area contributed by atoms with E-state index in [4.69, 9.17) is 0 Å². The number of nitrogens with zero attached hydrogens (tertiary/aromatic N) is 1. The fraction of sp³-hybridized carbons (Fsp3) is 0.667. The van der Waals surface area contributed by atoms with E-state index in [-0.39, 0.29) is 47.5 Å². The Hall–Kier alpha value is -2.44. The number of halogens is 1. The van der Waals surface area contributed by atoms with E-state index in [0.717, 1.165) is 70.8 Å². The van der Waals surface area contributed by atoms with E-state index in [1.807, 2.05) is 4.90 Å². The summed E-state index contributed by atoms with van der Waals surface area (Å²) in [5, 5.41) is 6.23. The molecule has 6 nitrogen and oxygen atoms in total. The standard InChI is InChI=1S/C27H40FN3O3/c1-3-5-9-19(4-2)27(34)31-17-8-10-21(18-31)26(33)30-24-12-7-6-11-23(24)29-25(32)20-13-15-22(28)16-14-20/h13-16,19,21,23-24H,3-12,17-18H2,1-2H3,(H,29,32)(H,30,33)/t19-,21-,23+,24+/m0/s1. The van der Waals surface area contributed by atoms with Gasteiger partial charge in [0, 0.05) is 36.7 Å². The maximum absolute atomic E-state index is 13.2. The van der Waals surface area contributed by atoms with Crippen molar-refractivity contribution in [3.8, 4) is 0 Å². The summed E-state index contributed by atoms with van der Waals surface area (Å²) in [6.07, 6.45) is 9.09. The number of rotatable bonds is 9. The maximum Gasteiger partial charge on any atom is 0.251 e. The number of amides is 3. The molecule has 1 aliphatic carbocycles. The molecule has 2 fully saturated rings. The van der Waals surface area contributed by atoms with E-state index in [1.54, 1.807) is 0 Å². The van der Waals surface area contributed by atoms with Gasteiger partial charge in [0.15, 0.2) is 0 Å². The Morgan fingerprint density at radius 1 is 1.00 bits per heavy atom. The van der Waals surface area contributed by atoms with E-state index in [1.165, 1.54) is 24.3 Å². The SMILES string of the molecule is CCCC[C@H](CC)C(=O)N1CCC[C@H](C(=O)N[C@@H]2CCCC[C@H]2NC(=O)c2ccc(F)cc2)C1. The van der Waals surface area contributed by atoms with Crippen LogP contribution in [0.1, 0.15) is 88.4 Å². The second kappa shape index (κ2) is 12.9. The average Bonchev–Trinajstić information content (AvgIpc) is 2.86. The molecule has 1 aromatic carbocycles. The highest BCUT2D eigenvalue weighted by Crippen LogP contribution is 2.24. The van der Waals surface area contributed by atoms with Crippen LogP contribution in [-0.2, 0) is 9.59 Å². The zero-order valence-corrected chi connectivity index (χ0v) is 20.7. The summed E-state index contributed by atoms with van der Waals surface area (Å²) in [5.74, 6) is -0.626. The molecular weight excluding hydrogens is 433 g/mol. The number of carbonyl (C=O) groups excluding carboxylic acids is 3. The summed E-state index contributed by atoms with van der Waals surface area (Å²) in [5.41, 5.74) is 0.409. The zero-order valence-electron chi connectivity index (χ0n) is 20.7. The van der Waals surface area contributed by atoms with Gasteiger partial charge in [0.05, 0.1) is 5.92 Å². The van der Waals surface area contributed by atoms with Gasteiger partial charge in [-0.05, 0) is 62.8 Å². The number of hydrogen-bond acceptors (Lipinski definition) is 3. The molecule has 0 bridgehead atoms. The van der Waals surface area contributed by atoms with Gasteiger partial charge in [0.1, 0.15) is 5.82 Å². The quantitative estimate of drug-likeness (QED) is 0.557. The molecule has 1 saturated carbocycles. The summed E-state index contributed by atoms with van der Waals surface area (Å²) in [6.45, 7) is 5.41. The lowest BCUT2D eigenvalue weighted by Crippen LogP contribution is -2.55. The van der Waals surface area contributed by atoms with Gasteiger partial charge in [-0.2, -0.15) is 0 Å². The second-order valence-electron chi connectivity index (χ2n) is 9.86. The molecule has 0 aromatic heterocycles. The van der Waals surface area contributed by atoms with Crippen molar-refractivity contribution in [2.45, 2.75) is 90.1 Å². The van der Waals surface area contributed by atoms with Crippen LogP contribution >= 0.6 is 0 Å². The Balaban J connectivity index is 1.57. The van der Waals surface area contributed by atoms with Crippen LogP contribution in [0.5, 0.6) is 0 Å². The normalized spacial score (nSPS) is 23.7. The van der Waals surface area contributed by atoms with Crippen molar-refractivity contribution in [1.82, 2.24) is 15.5 Å². The molecule has 0 unspecified atom stereocenters. The van der Waals surface area contributed by atoms with Crippen LogP contribution < -0.4 is 10.6 Å². The number of benzene rings is 1. The van der Waals surface area contributed by atoms with Gasteiger partial charge in [0.2, 0.25) is 11.8 Å². The Morgan fingerprint density at radius 3 is 2.32 bits per heavy atom. The van der Waals surface area contributed by atoms with Crippen molar-refractivity contribution >= 4 is 17.7 Å². The van der Waals surface area contributed by atoms with Crippen LogP contribution in [-0.4, -0.2) is 47.8 Å². The predicted octanol–water partition coefficient (Wildman–Crippen LogP) is 4.44. The first-order chi connectivity index (χ1) is 16.4. The number of nitrogens with one attached hydrogen (secondary N) is 2. The van der Waals surface area contributed by atoms with Crippen molar-refractivity contribution in [1.29, 1.82) is 0 Å². The Bertz CT molecular complexity index is 829. The highest BCUT2D eigenvalue weighted by Gasteiger charge is 2.34. The molecule has 188 valence electrons. The van der Waals surface area contributed by atoms with E-state index >= 15 is 0 Å². The molecule has 2 aliphatic rings. The first-order valence-electron chi connectivity index (χ1n) is 13.1. The van der Waals surface area contributed by atoms with Crippen LogP contribution in [0.25, 0.3) is 0 Å². The van der Waals surface area contributed by atoms with Crippen LogP contribution in [0.3, 0.4) is 0 Å². The molecule has 1 aliphatic heterocycles. The average molecular weight is 474 g/mol. The number of hydrogen-bond donors (Lipinski definition) is 2. The monoisotopic (exact) mass is 473 g/mol. The van der Waals surface area contributed by atoms with Gasteiger partial charge in [-0.15, -0.1) is 0 Å². The lowest BCUT2D eigenvalue weighted by Gasteiger charge is -2.37. The topological polar surface area (TPSA) is 78.5 Å². The van der Waals surface area contributed by atoms with E-state index in [9.17, 15) is 18.8 Å². The highest BCUT2D eigenvalue weighted by molar-refractivity contribution is 5.94. The van der Waals surface area contributed by atoms with Crippen molar-refractivity contribution < 1.29 is 18.8 Å². The summed E-state index contributed by atoms with van der Waals surface area (Å²) in [4.78, 5) is 40.8. The number of piperidine rings is 1. The smallest absolute Gasteiger partial charge is 0.251 e. The Kier molecular flexibility index (Phi) is 9.90. The minimum atomic E-state index is -0.380. The third kappa shape index (κ3) is 7.03. The number of likely N-dealkylation sites (tertiary alicyclic amines) is 1. The fourth-order valence-electron chi connectivity index (χ4n) is 5.23. The first kappa shape index (κ1) is 26.2. The van der Waals surface area contributed by atoms with Crippen LogP contribution in [0, 0.1) is 17.7 Å². The van der Waals surface area contributed by atoms with Crippen LogP contribution in [0.4, 0.5) is 4.39 Å². The van der Waals surface area contributed by atoms with Gasteiger partial charge in [-0.1, -0.05) is 39.5 Å². The molecule has 0 radical (unpaired) electrons. The molecular formula is C27H40FN3O3. The van der Waals surface area contributed by atoms with Gasteiger partial charge in [-0.3, -0.25) is 14.4 Å². The van der Waals surface area contributed by atoms with E-state index in [0.29, 0.717) is 12.1 Å². The van der Waals surface area contributed by atoms with E-state index in [2.05, 4.69) is 24.5 Å². The minimum Gasteiger partial charge on any atom is -0.351 e. The predicted molar refractivity (Wildman–Crippen MR) is 131 cm³/mol. The molecule has 3 amide bonds. The third-order valence-corrected chi connectivity index (χ3v) is 7.37. The minimum absolute atomic E-state index is 0.0213. The molecule has 1 saturated heterocycles. The second-order valence-corrected chi connectivity index (χ2v) is 9.86. The summed E-state index contributed by atoms with van der Waals surface area (Å²) in [7, 11) is 0. The van der Waals surface area contributed by atoms with Gasteiger partial charge in [-0.25, -0.2) is 4.39 Å². The zero-order chi connectivity index (χ0) is 24.5. The lowest BCUT2D eigenvalue weighted by atomic mass is 9.88. The molecule has 2 N–H and O–H groups in total. The van der Waals surface area contributed by atoms with Crippen LogP contribution in [0.15, 0.2) is 24.3 Å². The number of carbonyl (C=O) groups is 3.